The molecule has 1 aliphatic heterocycles. The van der Waals surface area contributed by atoms with Gasteiger partial charge in [0, 0.05) is 16.1 Å². The standard InChI is InChI=1S/C20H17BrO5/c1-11(2)20(23)25-14-5-6-15-17(10-14)26-18(19(15)22)9-12-8-13(21)4-7-16(12)24-3/h4-11H,1-3H3. The van der Waals surface area contributed by atoms with Gasteiger partial charge in [0.25, 0.3) is 0 Å². The number of benzene rings is 2. The molecule has 2 aromatic carbocycles. The van der Waals surface area contributed by atoms with E-state index in [0.717, 1.165) is 4.47 Å². The van der Waals surface area contributed by atoms with E-state index in [-0.39, 0.29) is 23.4 Å². The van der Waals surface area contributed by atoms with Gasteiger partial charge in [0.1, 0.15) is 17.2 Å². The lowest BCUT2D eigenvalue weighted by molar-refractivity contribution is -0.137. The van der Waals surface area contributed by atoms with Gasteiger partial charge >= 0.3 is 5.97 Å². The Hall–Kier alpha value is -2.60. The number of hydrogen-bond acceptors (Lipinski definition) is 5. The lowest BCUT2D eigenvalue weighted by Crippen LogP contribution is -2.14. The fourth-order valence-electron chi connectivity index (χ4n) is 2.42. The molecule has 0 aromatic heterocycles. The maximum absolute atomic E-state index is 12.6. The van der Waals surface area contributed by atoms with Crippen LogP contribution in [0.1, 0.15) is 29.8 Å². The Labute approximate surface area is 159 Å². The molecule has 0 fully saturated rings. The van der Waals surface area contributed by atoms with Crippen LogP contribution >= 0.6 is 15.9 Å². The molecule has 0 aliphatic carbocycles. The molecule has 0 bridgehead atoms. The highest BCUT2D eigenvalue weighted by atomic mass is 79.9. The maximum atomic E-state index is 12.6. The van der Waals surface area contributed by atoms with E-state index in [9.17, 15) is 9.59 Å². The summed E-state index contributed by atoms with van der Waals surface area (Å²) in [5.41, 5.74) is 1.14. The lowest BCUT2D eigenvalue weighted by atomic mass is 10.1. The number of ketones is 1. The Bertz CT molecular complexity index is 914. The molecular formula is C20H17BrO5. The molecule has 0 spiro atoms. The molecule has 0 N–H and O–H groups in total. The molecule has 5 nitrogen and oxygen atoms in total. The minimum Gasteiger partial charge on any atom is -0.496 e. The monoisotopic (exact) mass is 416 g/mol. The number of esters is 1. The van der Waals surface area contributed by atoms with E-state index in [1.54, 1.807) is 51.3 Å². The Kier molecular flexibility index (Phi) is 5.13. The number of hydrogen-bond donors (Lipinski definition) is 0. The van der Waals surface area contributed by atoms with Crippen LogP contribution in [0.15, 0.2) is 46.6 Å². The van der Waals surface area contributed by atoms with Crippen LogP contribution in [0.5, 0.6) is 17.2 Å². The first-order chi connectivity index (χ1) is 12.4. The molecule has 26 heavy (non-hydrogen) atoms. The van der Waals surface area contributed by atoms with E-state index in [1.807, 2.05) is 12.1 Å². The van der Waals surface area contributed by atoms with Gasteiger partial charge in [0.05, 0.1) is 18.6 Å². The van der Waals surface area contributed by atoms with Gasteiger partial charge in [-0.1, -0.05) is 29.8 Å². The van der Waals surface area contributed by atoms with Crippen molar-refractivity contribution in [3.05, 3.63) is 57.8 Å². The average molecular weight is 417 g/mol. The second kappa shape index (κ2) is 7.33. The molecule has 2 aromatic rings. The van der Waals surface area contributed by atoms with Crippen molar-refractivity contribution in [2.45, 2.75) is 13.8 Å². The van der Waals surface area contributed by atoms with E-state index >= 15 is 0 Å². The Morgan fingerprint density at radius 1 is 1.19 bits per heavy atom. The van der Waals surface area contributed by atoms with E-state index in [2.05, 4.69) is 15.9 Å². The first-order valence-electron chi connectivity index (χ1n) is 8.02. The zero-order valence-corrected chi connectivity index (χ0v) is 16.1. The maximum Gasteiger partial charge on any atom is 0.313 e. The van der Waals surface area contributed by atoms with E-state index in [0.29, 0.717) is 28.4 Å². The third kappa shape index (κ3) is 3.65. The highest BCUT2D eigenvalue weighted by molar-refractivity contribution is 9.10. The highest BCUT2D eigenvalue weighted by Crippen LogP contribution is 2.36. The fourth-order valence-corrected chi connectivity index (χ4v) is 2.80. The molecule has 0 unspecified atom stereocenters. The van der Waals surface area contributed by atoms with E-state index in [1.165, 1.54) is 0 Å². The van der Waals surface area contributed by atoms with Gasteiger partial charge in [0.15, 0.2) is 5.76 Å². The SMILES string of the molecule is COc1ccc(Br)cc1C=C1Oc2cc(OC(=O)C(C)C)ccc2C1=O. The van der Waals surface area contributed by atoms with Crippen molar-refractivity contribution in [1.29, 1.82) is 0 Å². The minimum absolute atomic E-state index is 0.184. The topological polar surface area (TPSA) is 61.8 Å². The number of carbonyl (C=O) groups is 2. The Balaban J connectivity index is 1.90. The van der Waals surface area contributed by atoms with Crippen molar-refractivity contribution in [3.63, 3.8) is 0 Å². The number of Topliss-reactive ketones (excluding diaryl/α,β-unsaturated/α-hetero) is 1. The van der Waals surface area contributed by atoms with Crippen molar-refractivity contribution in [2.24, 2.45) is 5.92 Å². The number of ether oxygens (including phenoxy) is 3. The summed E-state index contributed by atoms with van der Waals surface area (Å²) in [4.78, 5) is 24.3. The second-order valence-electron chi connectivity index (χ2n) is 6.06. The third-order valence-corrected chi connectivity index (χ3v) is 4.30. The first kappa shape index (κ1) is 18.2. The molecule has 3 rings (SSSR count). The van der Waals surface area contributed by atoms with Crippen LogP contribution in [0.2, 0.25) is 0 Å². The molecule has 0 amide bonds. The van der Waals surface area contributed by atoms with Crippen LogP contribution < -0.4 is 14.2 Å². The van der Waals surface area contributed by atoms with Gasteiger partial charge in [-0.3, -0.25) is 9.59 Å². The summed E-state index contributed by atoms with van der Waals surface area (Å²) in [5.74, 6) is 0.696. The van der Waals surface area contributed by atoms with Crippen LogP contribution in [0.25, 0.3) is 6.08 Å². The van der Waals surface area contributed by atoms with Crippen LogP contribution in [-0.4, -0.2) is 18.9 Å². The van der Waals surface area contributed by atoms with Gasteiger partial charge in [-0.25, -0.2) is 0 Å². The third-order valence-electron chi connectivity index (χ3n) is 3.81. The fraction of sp³-hybridized carbons (Fsp3) is 0.200. The molecule has 1 aliphatic rings. The summed E-state index contributed by atoms with van der Waals surface area (Å²) in [6.45, 7) is 3.50. The van der Waals surface area contributed by atoms with Crippen LogP contribution in [0.4, 0.5) is 0 Å². The van der Waals surface area contributed by atoms with Crippen molar-refractivity contribution in [2.75, 3.05) is 7.11 Å². The number of fused-ring (bicyclic) bond motifs is 1. The van der Waals surface area contributed by atoms with E-state index < -0.39 is 0 Å². The molecule has 6 heteroatoms. The normalized spacial score (nSPS) is 14.3. The van der Waals surface area contributed by atoms with Crippen LogP contribution in [0, 0.1) is 5.92 Å². The predicted octanol–water partition coefficient (Wildman–Crippen LogP) is 4.64. The summed E-state index contributed by atoms with van der Waals surface area (Å²) < 4.78 is 17.1. The molecular weight excluding hydrogens is 400 g/mol. The van der Waals surface area contributed by atoms with Crippen molar-refractivity contribution in [3.8, 4) is 17.2 Å². The van der Waals surface area contributed by atoms with Gasteiger partial charge in [-0.05, 0) is 36.4 Å². The van der Waals surface area contributed by atoms with Gasteiger partial charge in [-0.15, -0.1) is 0 Å². The van der Waals surface area contributed by atoms with Gasteiger partial charge in [-0.2, -0.15) is 0 Å². The second-order valence-corrected chi connectivity index (χ2v) is 6.98. The summed E-state index contributed by atoms with van der Waals surface area (Å²) in [6.07, 6.45) is 1.63. The number of rotatable bonds is 4. The molecule has 0 radical (unpaired) electrons. The number of halogens is 1. The number of carbonyl (C=O) groups excluding carboxylic acids is 2. The van der Waals surface area contributed by atoms with Crippen LogP contribution in [-0.2, 0) is 4.79 Å². The lowest BCUT2D eigenvalue weighted by Gasteiger charge is -2.07. The molecule has 134 valence electrons. The smallest absolute Gasteiger partial charge is 0.313 e. The summed E-state index contributed by atoms with van der Waals surface area (Å²) in [7, 11) is 1.56. The van der Waals surface area contributed by atoms with Gasteiger partial charge < -0.3 is 14.2 Å². The summed E-state index contributed by atoms with van der Waals surface area (Å²) in [6, 6.07) is 10.2. The largest absolute Gasteiger partial charge is 0.496 e. The summed E-state index contributed by atoms with van der Waals surface area (Å²) in [5, 5.41) is 0. The molecule has 0 saturated heterocycles. The van der Waals surface area contributed by atoms with Crippen molar-refractivity contribution in [1.82, 2.24) is 0 Å². The highest BCUT2D eigenvalue weighted by Gasteiger charge is 2.28. The van der Waals surface area contributed by atoms with E-state index in [4.69, 9.17) is 14.2 Å². The van der Waals surface area contributed by atoms with Crippen molar-refractivity contribution >= 4 is 33.8 Å². The first-order valence-corrected chi connectivity index (χ1v) is 8.82. The molecule has 1 heterocycles. The number of allylic oxidation sites excluding steroid dienone is 1. The average Bonchev–Trinajstić information content (AvgIpc) is 2.90. The number of methoxy groups -OCH3 is 1. The van der Waals surface area contributed by atoms with Crippen LogP contribution in [0.3, 0.4) is 0 Å². The summed E-state index contributed by atoms with van der Waals surface area (Å²) >= 11 is 3.40. The minimum atomic E-state index is -0.344. The molecule has 0 saturated carbocycles. The quantitative estimate of drug-likeness (QED) is 0.412. The zero-order chi connectivity index (χ0) is 18.8. The van der Waals surface area contributed by atoms with Crippen molar-refractivity contribution < 1.29 is 23.8 Å². The Morgan fingerprint density at radius 2 is 1.96 bits per heavy atom. The Morgan fingerprint density at radius 3 is 2.65 bits per heavy atom. The van der Waals surface area contributed by atoms with Gasteiger partial charge in [0.2, 0.25) is 5.78 Å². The predicted molar refractivity (Wildman–Crippen MR) is 101 cm³/mol. The zero-order valence-electron chi connectivity index (χ0n) is 14.5. The molecule has 0 atom stereocenters.